The van der Waals surface area contributed by atoms with Crippen molar-refractivity contribution in [3.63, 3.8) is 0 Å². The van der Waals surface area contributed by atoms with Crippen LogP contribution >= 0.6 is 12.4 Å². The van der Waals surface area contributed by atoms with E-state index in [1.807, 2.05) is 43.3 Å². The van der Waals surface area contributed by atoms with Crippen LogP contribution in [0.3, 0.4) is 0 Å². The first-order valence-electron chi connectivity index (χ1n) is 9.36. The molecule has 32 heavy (non-hydrogen) atoms. The van der Waals surface area contributed by atoms with E-state index in [0.717, 1.165) is 0 Å². The Bertz CT molecular complexity index is 1240. The SMILES string of the molecule is COc1ccc(S(=O)(=O)n2cc(CN(C)C=CN(C)C)c3cc([N+](=O)[O-])ccc32)cc1.Cl. The smallest absolute Gasteiger partial charge is 0.270 e. The molecule has 1 heterocycles. The predicted molar refractivity (Wildman–Crippen MR) is 126 cm³/mol. The molecular weight excluding hydrogens is 456 g/mol. The molecule has 3 rings (SSSR count). The highest BCUT2D eigenvalue weighted by atomic mass is 35.5. The molecule has 0 spiro atoms. The molecule has 0 aliphatic heterocycles. The number of benzene rings is 2. The van der Waals surface area contributed by atoms with Crippen molar-refractivity contribution < 1.29 is 18.1 Å². The quantitative estimate of drug-likeness (QED) is 0.358. The number of rotatable bonds is 8. The summed E-state index contributed by atoms with van der Waals surface area (Å²) in [5.74, 6) is 0.543. The van der Waals surface area contributed by atoms with Gasteiger partial charge in [-0.15, -0.1) is 12.4 Å². The number of hydrogen-bond donors (Lipinski definition) is 0. The summed E-state index contributed by atoms with van der Waals surface area (Å²) in [5.41, 5.74) is 0.933. The number of halogens is 1. The van der Waals surface area contributed by atoms with Crippen molar-refractivity contribution in [1.29, 1.82) is 0 Å². The van der Waals surface area contributed by atoms with E-state index in [0.29, 0.717) is 28.8 Å². The lowest BCUT2D eigenvalue weighted by molar-refractivity contribution is -0.384. The molecule has 0 unspecified atom stereocenters. The fraction of sp³-hybridized carbons (Fsp3) is 0.238. The number of nitro groups is 1. The van der Waals surface area contributed by atoms with Crippen LogP contribution in [0.1, 0.15) is 5.56 Å². The van der Waals surface area contributed by atoms with Gasteiger partial charge >= 0.3 is 0 Å². The standard InChI is InChI=1S/C21H24N4O5S.ClH/c1-22(2)11-12-23(3)14-16-15-24(21-10-5-17(25(26)27)13-20(16)21)31(28,29)19-8-6-18(30-4)7-9-19;/h5-13,15H,14H2,1-4H3;1H. The zero-order valence-corrected chi connectivity index (χ0v) is 19.8. The Morgan fingerprint density at radius 1 is 1.09 bits per heavy atom. The van der Waals surface area contributed by atoms with Crippen LogP contribution in [-0.2, 0) is 16.6 Å². The second-order valence-corrected chi connectivity index (χ2v) is 9.08. The number of nitrogens with zero attached hydrogens (tertiary/aromatic N) is 4. The molecule has 0 bridgehead atoms. The lowest BCUT2D eigenvalue weighted by Gasteiger charge is -2.14. The maximum atomic E-state index is 13.3. The first-order valence-corrected chi connectivity index (χ1v) is 10.8. The second kappa shape index (κ2) is 9.92. The molecule has 0 saturated heterocycles. The third kappa shape index (κ3) is 5.14. The third-order valence-corrected chi connectivity index (χ3v) is 6.39. The number of fused-ring (bicyclic) bond motifs is 1. The molecule has 172 valence electrons. The van der Waals surface area contributed by atoms with Crippen molar-refractivity contribution in [2.45, 2.75) is 11.4 Å². The Hall–Kier alpha value is -3.24. The van der Waals surface area contributed by atoms with Gasteiger partial charge in [-0.3, -0.25) is 10.1 Å². The number of hydrogen-bond acceptors (Lipinski definition) is 7. The van der Waals surface area contributed by atoms with Gasteiger partial charge in [0.15, 0.2) is 0 Å². The van der Waals surface area contributed by atoms with Crippen molar-refractivity contribution >= 4 is 39.0 Å². The van der Waals surface area contributed by atoms with Crippen LogP contribution < -0.4 is 4.74 Å². The average Bonchev–Trinajstić information content (AvgIpc) is 3.10. The molecule has 9 nitrogen and oxygen atoms in total. The van der Waals surface area contributed by atoms with Gasteiger partial charge in [-0.1, -0.05) is 0 Å². The number of ether oxygens (including phenoxy) is 1. The normalized spacial score (nSPS) is 11.4. The number of non-ortho nitro benzene ring substituents is 1. The summed E-state index contributed by atoms with van der Waals surface area (Å²) in [6, 6.07) is 10.3. The summed E-state index contributed by atoms with van der Waals surface area (Å²) in [6.45, 7) is 0.368. The predicted octanol–water partition coefficient (Wildman–Crippen LogP) is 3.68. The molecule has 1 aromatic heterocycles. The third-order valence-electron chi connectivity index (χ3n) is 4.70. The Labute approximate surface area is 193 Å². The summed E-state index contributed by atoms with van der Waals surface area (Å²) in [7, 11) is 3.21. The first-order chi connectivity index (χ1) is 14.6. The minimum atomic E-state index is -3.92. The van der Waals surface area contributed by atoms with Crippen LogP contribution in [0.4, 0.5) is 5.69 Å². The fourth-order valence-corrected chi connectivity index (χ4v) is 4.51. The van der Waals surface area contributed by atoms with Crippen LogP contribution in [0.25, 0.3) is 10.9 Å². The summed E-state index contributed by atoms with van der Waals surface area (Å²) in [6.07, 6.45) is 5.22. The van der Waals surface area contributed by atoms with E-state index in [1.165, 1.54) is 47.6 Å². The monoisotopic (exact) mass is 480 g/mol. The van der Waals surface area contributed by atoms with E-state index >= 15 is 0 Å². The summed E-state index contributed by atoms with van der Waals surface area (Å²) in [5, 5.41) is 11.8. The zero-order valence-electron chi connectivity index (χ0n) is 18.1. The summed E-state index contributed by atoms with van der Waals surface area (Å²) in [4.78, 5) is 14.6. The van der Waals surface area contributed by atoms with Crippen LogP contribution in [0.5, 0.6) is 5.75 Å². The van der Waals surface area contributed by atoms with Crippen molar-refractivity contribution in [1.82, 2.24) is 13.8 Å². The molecule has 0 aliphatic carbocycles. The Morgan fingerprint density at radius 3 is 2.31 bits per heavy atom. The fourth-order valence-electron chi connectivity index (χ4n) is 3.12. The molecule has 0 radical (unpaired) electrons. The molecule has 0 fully saturated rings. The van der Waals surface area contributed by atoms with E-state index in [2.05, 4.69) is 0 Å². The lowest BCUT2D eigenvalue weighted by atomic mass is 10.1. The number of nitro benzene ring substituents is 1. The summed E-state index contributed by atoms with van der Waals surface area (Å²) < 4.78 is 32.9. The zero-order chi connectivity index (χ0) is 22.8. The highest BCUT2D eigenvalue weighted by Gasteiger charge is 2.23. The van der Waals surface area contributed by atoms with Gasteiger partial charge < -0.3 is 14.5 Å². The van der Waals surface area contributed by atoms with Crippen molar-refractivity contribution in [3.05, 3.63) is 76.7 Å². The van der Waals surface area contributed by atoms with Crippen LogP contribution in [0.15, 0.2) is 66.0 Å². The Kier molecular flexibility index (Phi) is 7.76. The van der Waals surface area contributed by atoms with Gasteiger partial charge in [-0.2, -0.15) is 0 Å². The molecule has 0 aliphatic rings. The largest absolute Gasteiger partial charge is 0.497 e. The molecular formula is C21H25ClN4O5S. The Morgan fingerprint density at radius 2 is 1.75 bits per heavy atom. The van der Waals surface area contributed by atoms with Crippen LogP contribution in [-0.4, -0.2) is 55.4 Å². The number of methoxy groups -OCH3 is 1. The van der Waals surface area contributed by atoms with E-state index in [-0.39, 0.29) is 23.0 Å². The molecule has 0 saturated carbocycles. The van der Waals surface area contributed by atoms with Gasteiger partial charge in [-0.05, 0) is 35.9 Å². The van der Waals surface area contributed by atoms with Crippen molar-refractivity contribution in [2.24, 2.45) is 0 Å². The highest BCUT2D eigenvalue weighted by molar-refractivity contribution is 7.90. The lowest BCUT2D eigenvalue weighted by Crippen LogP contribution is -2.13. The van der Waals surface area contributed by atoms with E-state index < -0.39 is 14.9 Å². The van der Waals surface area contributed by atoms with E-state index in [4.69, 9.17) is 4.74 Å². The topological polar surface area (TPSA) is 97.9 Å². The van der Waals surface area contributed by atoms with Gasteiger partial charge in [0.25, 0.3) is 15.7 Å². The van der Waals surface area contributed by atoms with Gasteiger partial charge in [0, 0.05) is 63.8 Å². The molecule has 3 aromatic rings. The van der Waals surface area contributed by atoms with Gasteiger partial charge in [0.05, 0.1) is 22.4 Å². The van der Waals surface area contributed by atoms with E-state index in [9.17, 15) is 18.5 Å². The maximum absolute atomic E-state index is 13.3. The van der Waals surface area contributed by atoms with Crippen LogP contribution in [0, 0.1) is 10.1 Å². The highest BCUT2D eigenvalue weighted by Crippen LogP contribution is 2.30. The van der Waals surface area contributed by atoms with Gasteiger partial charge in [-0.25, -0.2) is 12.4 Å². The Balaban J connectivity index is 0.00000363. The molecule has 0 atom stereocenters. The molecule has 11 heteroatoms. The van der Waals surface area contributed by atoms with Gasteiger partial charge in [0.1, 0.15) is 5.75 Å². The summed E-state index contributed by atoms with van der Waals surface area (Å²) >= 11 is 0. The van der Waals surface area contributed by atoms with Crippen LogP contribution in [0.2, 0.25) is 0 Å². The minimum absolute atomic E-state index is 0. The molecule has 2 aromatic carbocycles. The van der Waals surface area contributed by atoms with Crippen molar-refractivity contribution in [2.75, 3.05) is 28.3 Å². The first kappa shape index (κ1) is 25.0. The van der Waals surface area contributed by atoms with Crippen molar-refractivity contribution in [3.8, 4) is 5.75 Å². The molecule has 0 amide bonds. The average molecular weight is 481 g/mol. The minimum Gasteiger partial charge on any atom is -0.497 e. The second-order valence-electron chi connectivity index (χ2n) is 7.27. The molecule has 0 N–H and O–H groups in total. The number of aromatic nitrogens is 1. The maximum Gasteiger partial charge on any atom is 0.270 e. The van der Waals surface area contributed by atoms with E-state index in [1.54, 1.807) is 12.1 Å². The van der Waals surface area contributed by atoms with Gasteiger partial charge in [0.2, 0.25) is 0 Å².